The third-order valence-corrected chi connectivity index (χ3v) is 6.37. The van der Waals surface area contributed by atoms with Gasteiger partial charge in [-0.05, 0) is 49.2 Å². The predicted octanol–water partition coefficient (Wildman–Crippen LogP) is 3.35. The van der Waals surface area contributed by atoms with E-state index in [2.05, 4.69) is 96.0 Å². The van der Waals surface area contributed by atoms with Crippen molar-refractivity contribution in [3.05, 3.63) is 47.5 Å². The molecule has 0 unspecified atom stereocenters. The highest BCUT2D eigenvalue weighted by atomic mass is 16.7. The minimum atomic E-state index is -0.983. The standard InChI is InChI=1S/C25H32N4O2/c1-26(2)21-9-11-23-19(15-21)17-28-13-7-5-6-8-14-29-18-20-16-22(27(3)4)10-12-24(20)31-25(28,29)30-23/h9-12,15-18H,5-8,13-14H2,1-4H3/q+2. The van der Waals surface area contributed by atoms with E-state index in [1.807, 2.05) is 0 Å². The molecule has 3 aliphatic heterocycles. The Labute approximate surface area is 184 Å². The van der Waals surface area contributed by atoms with Crippen LogP contribution in [0, 0.1) is 0 Å². The van der Waals surface area contributed by atoms with Gasteiger partial charge in [0, 0.05) is 52.4 Å². The molecule has 1 spiro atoms. The summed E-state index contributed by atoms with van der Waals surface area (Å²) in [7, 11) is 8.25. The molecule has 0 atom stereocenters. The molecular weight excluding hydrogens is 388 g/mol. The average Bonchev–Trinajstić information content (AvgIpc) is 2.83. The summed E-state index contributed by atoms with van der Waals surface area (Å²) in [6, 6.07) is 11.7. The summed E-state index contributed by atoms with van der Waals surface area (Å²) < 4.78 is 18.0. The number of rotatable bonds is 2. The Balaban J connectivity index is 1.64. The Morgan fingerprint density at radius 1 is 0.677 bits per heavy atom. The summed E-state index contributed by atoms with van der Waals surface area (Å²) >= 11 is 0. The fraction of sp³-hybridized carbons (Fsp3) is 0.440. The zero-order valence-corrected chi connectivity index (χ0v) is 19.0. The number of anilines is 2. The number of nitrogens with zero attached hydrogens (tertiary/aromatic N) is 4. The van der Waals surface area contributed by atoms with Gasteiger partial charge in [-0.1, -0.05) is 9.15 Å². The molecule has 0 aromatic heterocycles. The van der Waals surface area contributed by atoms with Crippen LogP contribution in [0.1, 0.15) is 36.8 Å². The first-order chi connectivity index (χ1) is 15.0. The van der Waals surface area contributed by atoms with Crippen molar-refractivity contribution in [2.24, 2.45) is 0 Å². The minimum absolute atomic E-state index is 0.854. The number of ether oxygens (including phenoxy) is 2. The van der Waals surface area contributed by atoms with Gasteiger partial charge < -0.3 is 19.3 Å². The normalized spacial score (nSPS) is 18.7. The van der Waals surface area contributed by atoms with Crippen LogP contribution in [-0.4, -0.2) is 68.9 Å². The molecule has 0 saturated carbocycles. The first kappa shape index (κ1) is 19.9. The highest BCUT2D eigenvalue weighted by Gasteiger charge is 2.63. The van der Waals surface area contributed by atoms with Crippen molar-refractivity contribution in [1.82, 2.24) is 0 Å². The van der Waals surface area contributed by atoms with Crippen LogP contribution in [0.3, 0.4) is 0 Å². The highest BCUT2D eigenvalue weighted by molar-refractivity contribution is 5.84. The second-order valence-electron chi connectivity index (χ2n) is 9.04. The molecule has 0 radical (unpaired) electrons. The van der Waals surface area contributed by atoms with Crippen molar-refractivity contribution >= 4 is 23.8 Å². The summed E-state index contributed by atoms with van der Waals surface area (Å²) in [5, 5.41) is 0. The lowest BCUT2D eigenvalue weighted by molar-refractivity contribution is -0.908. The van der Waals surface area contributed by atoms with E-state index >= 15 is 0 Å². The first-order valence-corrected chi connectivity index (χ1v) is 11.2. The van der Waals surface area contributed by atoms with E-state index in [-0.39, 0.29) is 0 Å². The van der Waals surface area contributed by atoms with E-state index in [1.165, 1.54) is 12.8 Å². The summed E-state index contributed by atoms with van der Waals surface area (Å²) in [5.74, 6) is 1.71. The molecule has 5 rings (SSSR count). The summed E-state index contributed by atoms with van der Waals surface area (Å²) in [6.07, 6.45) is 9.11. The average molecular weight is 421 g/mol. The minimum Gasteiger partial charge on any atom is -0.378 e. The summed E-state index contributed by atoms with van der Waals surface area (Å²) in [5.41, 5.74) is 4.50. The van der Waals surface area contributed by atoms with E-state index in [1.54, 1.807) is 0 Å². The molecule has 31 heavy (non-hydrogen) atoms. The molecule has 6 nitrogen and oxygen atoms in total. The van der Waals surface area contributed by atoms with Gasteiger partial charge in [-0.15, -0.1) is 0 Å². The molecule has 3 aliphatic rings. The summed E-state index contributed by atoms with van der Waals surface area (Å²) in [6.45, 7) is 1.78. The molecule has 162 valence electrons. The quantitative estimate of drug-likeness (QED) is 0.698. The zero-order chi connectivity index (χ0) is 21.6. The molecule has 0 amide bonds. The Kier molecular flexibility index (Phi) is 4.88. The van der Waals surface area contributed by atoms with E-state index in [9.17, 15) is 0 Å². The van der Waals surface area contributed by atoms with Gasteiger partial charge in [0.25, 0.3) is 0 Å². The van der Waals surface area contributed by atoms with Crippen molar-refractivity contribution in [2.75, 3.05) is 51.1 Å². The maximum Gasteiger partial charge on any atom is 0.703 e. The van der Waals surface area contributed by atoms with E-state index in [0.29, 0.717) is 0 Å². The van der Waals surface area contributed by atoms with E-state index < -0.39 is 6.03 Å². The van der Waals surface area contributed by atoms with Crippen LogP contribution < -0.4 is 19.3 Å². The number of hydrogen-bond donors (Lipinski definition) is 0. The molecule has 0 bridgehead atoms. The highest BCUT2D eigenvalue weighted by Crippen LogP contribution is 2.37. The van der Waals surface area contributed by atoms with Crippen molar-refractivity contribution in [3.8, 4) is 11.5 Å². The molecule has 3 heterocycles. The first-order valence-electron chi connectivity index (χ1n) is 11.2. The van der Waals surface area contributed by atoms with Crippen molar-refractivity contribution in [1.29, 1.82) is 0 Å². The van der Waals surface area contributed by atoms with Crippen LogP contribution in [0.4, 0.5) is 11.4 Å². The van der Waals surface area contributed by atoms with Crippen LogP contribution in [0.2, 0.25) is 0 Å². The molecule has 2 aromatic rings. The molecule has 0 N–H and O–H groups in total. The van der Waals surface area contributed by atoms with Gasteiger partial charge in [0.2, 0.25) is 0 Å². The smallest absolute Gasteiger partial charge is 0.378 e. The van der Waals surface area contributed by atoms with E-state index in [0.717, 1.165) is 59.9 Å². The van der Waals surface area contributed by atoms with Gasteiger partial charge >= 0.3 is 6.03 Å². The summed E-state index contributed by atoms with van der Waals surface area (Å²) in [4.78, 5) is 4.24. The van der Waals surface area contributed by atoms with Gasteiger partial charge in [0.15, 0.2) is 37.0 Å². The largest absolute Gasteiger partial charge is 0.703 e. The van der Waals surface area contributed by atoms with Gasteiger partial charge in [-0.3, -0.25) is 0 Å². The van der Waals surface area contributed by atoms with Gasteiger partial charge in [-0.25, -0.2) is 0 Å². The fourth-order valence-corrected chi connectivity index (χ4v) is 4.55. The van der Waals surface area contributed by atoms with Crippen LogP contribution in [-0.2, 0) is 0 Å². The Bertz CT molecular complexity index is 986. The van der Waals surface area contributed by atoms with Crippen LogP contribution >= 0.6 is 0 Å². The lowest BCUT2D eigenvalue weighted by Gasteiger charge is -2.32. The molecule has 2 aromatic carbocycles. The van der Waals surface area contributed by atoms with Crippen molar-refractivity contribution in [3.63, 3.8) is 0 Å². The van der Waals surface area contributed by atoms with Crippen molar-refractivity contribution < 1.29 is 18.6 Å². The molecule has 6 heteroatoms. The van der Waals surface area contributed by atoms with Crippen LogP contribution in [0.15, 0.2) is 36.4 Å². The number of hydrogen-bond acceptors (Lipinski definition) is 4. The lowest BCUT2D eigenvalue weighted by atomic mass is 10.1. The Morgan fingerprint density at radius 2 is 1.13 bits per heavy atom. The van der Waals surface area contributed by atoms with Crippen LogP contribution in [0.25, 0.3) is 0 Å². The molecule has 1 fully saturated rings. The number of benzene rings is 2. The van der Waals surface area contributed by atoms with E-state index in [4.69, 9.17) is 9.47 Å². The second-order valence-corrected chi connectivity index (χ2v) is 9.04. The third-order valence-electron chi connectivity index (χ3n) is 6.37. The van der Waals surface area contributed by atoms with Crippen LogP contribution in [0.5, 0.6) is 11.5 Å². The monoisotopic (exact) mass is 420 g/mol. The van der Waals surface area contributed by atoms with Gasteiger partial charge in [0.1, 0.15) is 0 Å². The third kappa shape index (κ3) is 3.44. The maximum atomic E-state index is 6.73. The molecular formula is C25H32N4O2+2. The second kappa shape index (κ2) is 7.59. The predicted molar refractivity (Wildman–Crippen MR) is 125 cm³/mol. The van der Waals surface area contributed by atoms with Gasteiger partial charge in [0.05, 0.1) is 11.1 Å². The SMILES string of the molecule is CN(C)c1ccc2c(c1)C=[N+]1CCCCCC[N+]3=Cc4cc(N(C)C)ccc4OC13O2. The lowest BCUT2D eigenvalue weighted by Crippen LogP contribution is -2.64. The molecule has 1 saturated heterocycles. The van der Waals surface area contributed by atoms with Crippen molar-refractivity contribution in [2.45, 2.75) is 31.7 Å². The van der Waals surface area contributed by atoms with Gasteiger partial charge in [-0.2, -0.15) is 0 Å². The maximum absolute atomic E-state index is 6.73. The number of fused-ring (bicyclic) bond motifs is 2. The topological polar surface area (TPSA) is 31.0 Å². The Morgan fingerprint density at radius 3 is 1.55 bits per heavy atom. The Hall–Kier alpha value is -3.02. The zero-order valence-electron chi connectivity index (χ0n) is 19.0. The molecule has 0 aliphatic carbocycles. The fourth-order valence-electron chi connectivity index (χ4n) is 4.55.